The molecule has 2 N–H and O–H groups in total. The van der Waals surface area contributed by atoms with Gasteiger partial charge in [0, 0.05) is 12.8 Å². The average molecular weight is 289 g/mol. The topological polar surface area (TPSA) is 105 Å². The largest absolute Gasteiger partial charge is 0.478 e. The molecule has 7 heteroatoms. The summed E-state index contributed by atoms with van der Waals surface area (Å²) in [6, 6.07) is 4.93. The molecule has 0 spiro atoms. The van der Waals surface area contributed by atoms with Gasteiger partial charge in [0.2, 0.25) is 11.8 Å². The summed E-state index contributed by atoms with van der Waals surface area (Å²) in [7, 11) is 0. The first-order chi connectivity index (χ1) is 9.97. The van der Waals surface area contributed by atoms with Gasteiger partial charge < -0.3 is 14.9 Å². The smallest absolute Gasteiger partial charge is 0.338 e. The zero-order valence-electron chi connectivity index (χ0n) is 11.7. The number of hydrogen-bond acceptors (Lipinski definition) is 5. The number of anilines is 1. The van der Waals surface area contributed by atoms with Crippen molar-refractivity contribution in [3.8, 4) is 0 Å². The van der Waals surface area contributed by atoms with E-state index < -0.39 is 5.97 Å². The number of carbonyl (C=O) groups is 2. The number of nitrogens with one attached hydrogen (secondary N) is 1. The van der Waals surface area contributed by atoms with Crippen molar-refractivity contribution in [1.82, 2.24) is 10.1 Å². The van der Waals surface area contributed by atoms with Crippen molar-refractivity contribution in [2.24, 2.45) is 0 Å². The fourth-order valence-electron chi connectivity index (χ4n) is 1.93. The Bertz CT molecular complexity index is 679. The number of aromatic carboxylic acids is 1. The Morgan fingerprint density at radius 2 is 2.10 bits per heavy atom. The fourth-order valence-corrected chi connectivity index (χ4v) is 1.93. The number of carboxylic acids is 1. The maximum atomic E-state index is 11.9. The van der Waals surface area contributed by atoms with Gasteiger partial charge in [0.15, 0.2) is 5.82 Å². The van der Waals surface area contributed by atoms with Crippen molar-refractivity contribution in [2.75, 3.05) is 5.32 Å². The van der Waals surface area contributed by atoms with Gasteiger partial charge in [-0.25, -0.2) is 4.79 Å². The molecule has 2 aromatic rings. The summed E-state index contributed by atoms with van der Waals surface area (Å²) in [5.41, 5.74) is 0.974. The highest BCUT2D eigenvalue weighted by atomic mass is 16.5. The minimum Gasteiger partial charge on any atom is -0.478 e. The van der Waals surface area contributed by atoms with Crippen LogP contribution in [-0.4, -0.2) is 27.1 Å². The fraction of sp³-hybridized carbons (Fsp3) is 0.286. The molecule has 0 bridgehead atoms. The second-order valence-electron chi connectivity index (χ2n) is 4.59. The van der Waals surface area contributed by atoms with Gasteiger partial charge in [-0.15, -0.1) is 0 Å². The third kappa shape index (κ3) is 3.65. The van der Waals surface area contributed by atoms with E-state index in [0.29, 0.717) is 23.7 Å². The second-order valence-corrected chi connectivity index (χ2v) is 4.59. The molecular weight excluding hydrogens is 274 g/mol. The lowest BCUT2D eigenvalue weighted by atomic mass is 10.1. The monoisotopic (exact) mass is 289 g/mol. The molecule has 0 aliphatic rings. The van der Waals surface area contributed by atoms with Gasteiger partial charge in [-0.3, -0.25) is 4.79 Å². The summed E-state index contributed by atoms with van der Waals surface area (Å²) < 4.78 is 4.91. The van der Waals surface area contributed by atoms with Crippen LogP contribution < -0.4 is 5.32 Å². The van der Waals surface area contributed by atoms with Gasteiger partial charge in [0.1, 0.15) is 0 Å². The Kier molecular flexibility index (Phi) is 4.32. The van der Waals surface area contributed by atoms with Crippen LogP contribution in [0.1, 0.15) is 34.1 Å². The van der Waals surface area contributed by atoms with Gasteiger partial charge in [-0.1, -0.05) is 17.3 Å². The first-order valence-corrected chi connectivity index (χ1v) is 6.39. The number of aryl methyl sites for hydroxylation is 3. The van der Waals surface area contributed by atoms with Crippen LogP contribution in [0, 0.1) is 13.8 Å². The molecule has 0 unspecified atom stereocenters. The molecule has 0 atom stereocenters. The van der Waals surface area contributed by atoms with E-state index >= 15 is 0 Å². The molecule has 21 heavy (non-hydrogen) atoms. The minimum absolute atomic E-state index is 0.0967. The molecule has 7 nitrogen and oxygen atoms in total. The van der Waals surface area contributed by atoms with Gasteiger partial charge in [0.05, 0.1) is 11.3 Å². The summed E-state index contributed by atoms with van der Waals surface area (Å²) in [5, 5.41) is 15.4. The van der Waals surface area contributed by atoms with Gasteiger partial charge in [0.25, 0.3) is 0 Å². The predicted octanol–water partition coefficient (Wildman–Crippen LogP) is 1.96. The number of benzene rings is 1. The summed E-state index contributed by atoms with van der Waals surface area (Å²) in [5.74, 6) is -0.488. The van der Waals surface area contributed by atoms with Crippen molar-refractivity contribution < 1.29 is 19.2 Å². The molecule has 1 aromatic heterocycles. The van der Waals surface area contributed by atoms with E-state index in [4.69, 9.17) is 4.52 Å². The quantitative estimate of drug-likeness (QED) is 0.871. The number of hydrogen-bond donors (Lipinski definition) is 2. The van der Waals surface area contributed by atoms with Crippen molar-refractivity contribution >= 4 is 17.6 Å². The first-order valence-electron chi connectivity index (χ1n) is 6.39. The number of carboxylic acid groups (broad SMARTS) is 1. The van der Waals surface area contributed by atoms with Crippen LogP contribution in [0.4, 0.5) is 5.69 Å². The number of amides is 1. The number of rotatable bonds is 5. The average Bonchev–Trinajstić information content (AvgIpc) is 2.82. The van der Waals surface area contributed by atoms with E-state index in [0.717, 1.165) is 0 Å². The van der Waals surface area contributed by atoms with Crippen LogP contribution in [-0.2, 0) is 11.2 Å². The Balaban J connectivity index is 2.03. The Morgan fingerprint density at radius 3 is 2.71 bits per heavy atom. The Morgan fingerprint density at radius 1 is 1.33 bits per heavy atom. The number of aromatic nitrogens is 2. The van der Waals surface area contributed by atoms with E-state index in [9.17, 15) is 14.7 Å². The molecule has 1 aromatic carbocycles. The first kappa shape index (κ1) is 14.7. The lowest BCUT2D eigenvalue weighted by molar-refractivity contribution is -0.116. The van der Waals surface area contributed by atoms with E-state index in [1.807, 2.05) is 0 Å². The van der Waals surface area contributed by atoms with Crippen molar-refractivity contribution in [2.45, 2.75) is 26.7 Å². The minimum atomic E-state index is -1.07. The van der Waals surface area contributed by atoms with Crippen LogP contribution in [0.15, 0.2) is 22.7 Å². The molecule has 0 saturated heterocycles. The van der Waals surface area contributed by atoms with Crippen molar-refractivity contribution in [3.05, 3.63) is 41.0 Å². The Labute approximate surface area is 121 Å². The highest BCUT2D eigenvalue weighted by molar-refractivity contribution is 6.01. The number of carbonyl (C=O) groups excluding carboxylic acids is 1. The zero-order valence-corrected chi connectivity index (χ0v) is 11.7. The maximum Gasteiger partial charge on any atom is 0.338 e. The number of nitrogens with zero attached hydrogens (tertiary/aromatic N) is 2. The van der Waals surface area contributed by atoms with Crippen LogP contribution >= 0.6 is 0 Å². The molecule has 1 amide bonds. The summed E-state index contributed by atoms with van der Waals surface area (Å²) in [4.78, 5) is 27.1. The summed E-state index contributed by atoms with van der Waals surface area (Å²) in [6.45, 7) is 3.37. The van der Waals surface area contributed by atoms with Crippen LogP contribution in [0.25, 0.3) is 0 Å². The second kappa shape index (κ2) is 6.17. The van der Waals surface area contributed by atoms with Crippen molar-refractivity contribution in [1.29, 1.82) is 0 Å². The van der Waals surface area contributed by atoms with Crippen LogP contribution in [0.2, 0.25) is 0 Å². The molecule has 1 heterocycles. The molecule has 0 radical (unpaired) electrons. The summed E-state index contributed by atoms with van der Waals surface area (Å²) in [6.07, 6.45) is 0.440. The third-order valence-electron chi connectivity index (χ3n) is 2.90. The van der Waals surface area contributed by atoms with Gasteiger partial charge in [-0.05, 0) is 25.5 Å². The molecule has 2 rings (SSSR count). The third-order valence-corrected chi connectivity index (χ3v) is 2.90. The van der Waals surface area contributed by atoms with Crippen molar-refractivity contribution in [3.63, 3.8) is 0 Å². The molecule has 0 aliphatic heterocycles. The molecular formula is C14H15N3O4. The molecule has 110 valence electrons. The van der Waals surface area contributed by atoms with Crippen LogP contribution in [0.3, 0.4) is 0 Å². The molecule has 0 saturated carbocycles. The SMILES string of the molecule is Cc1noc(CCC(=O)Nc2cccc(C)c2C(=O)O)n1. The predicted molar refractivity (Wildman–Crippen MR) is 74.1 cm³/mol. The highest BCUT2D eigenvalue weighted by Crippen LogP contribution is 2.19. The van der Waals surface area contributed by atoms with Gasteiger partial charge >= 0.3 is 5.97 Å². The zero-order chi connectivity index (χ0) is 15.4. The molecule has 0 fully saturated rings. The van der Waals surface area contributed by atoms with E-state index in [1.54, 1.807) is 32.0 Å². The molecule has 0 aliphatic carbocycles. The van der Waals surface area contributed by atoms with Gasteiger partial charge in [-0.2, -0.15) is 4.98 Å². The van der Waals surface area contributed by atoms with E-state index in [1.165, 1.54) is 0 Å². The maximum absolute atomic E-state index is 11.9. The summed E-state index contributed by atoms with van der Waals surface area (Å²) >= 11 is 0. The Hall–Kier alpha value is -2.70. The van der Waals surface area contributed by atoms with E-state index in [2.05, 4.69) is 15.5 Å². The normalized spacial score (nSPS) is 10.4. The lowest BCUT2D eigenvalue weighted by Crippen LogP contribution is -2.16. The standard InChI is InChI=1S/C14H15N3O4/c1-8-4-3-5-10(13(8)14(19)20)16-11(18)6-7-12-15-9(2)17-21-12/h3-5H,6-7H2,1-2H3,(H,16,18)(H,19,20). The van der Waals surface area contributed by atoms with E-state index in [-0.39, 0.29) is 23.6 Å². The highest BCUT2D eigenvalue weighted by Gasteiger charge is 2.15. The lowest BCUT2D eigenvalue weighted by Gasteiger charge is -2.10. The van der Waals surface area contributed by atoms with Crippen LogP contribution in [0.5, 0.6) is 0 Å².